The first-order valence-corrected chi connectivity index (χ1v) is 13.1. The molecule has 0 aliphatic carbocycles. The van der Waals surface area contributed by atoms with Crippen LogP contribution in [0.3, 0.4) is 0 Å². The molecule has 2 saturated heterocycles. The second-order valence-corrected chi connectivity index (χ2v) is 9.92. The molecule has 3 aromatic rings. The lowest BCUT2D eigenvalue weighted by atomic mass is 10.1. The van der Waals surface area contributed by atoms with Gasteiger partial charge in [0.2, 0.25) is 0 Å². The SMILES string of the molecule is CC[C@@H](c1nnnn1C[C@H]1CCCO1)N(CCN1CCOCC1)Cc1cc2cc(C)ccc2[nH]c1=O. The minimum atomic E-state index is -0.0449. The van der Waals surface area contributed by atoms with Gasteiger partial charge in [0.15, 0.2) is 5.82 Å². The molecule has 4 heterocycles. The Labute approximate surface area is 211 Å². The number of ether oxygens (including phenoxy) is 2. The molecule has 2 aliphatic heterocycles. The Balaban J connectivity index is 1.42. The number of pyridine rings is 1. The summed E-state index contributed by atoms with van der Waals surface area (Å²) in [7, 11) is 0. The van der Waals surface area contributed by atoms with E-state index in [9.17, 15) is 4.79 Å². The van der Waals surface area contributed by atoms with Crippen molar-refractivity contribution in [3.05, 3.63) is 51.6 Å². The van der Waals surface area contributed by atoms with Gasteiger partial charge in [-0.25, -0.2) is 4.68 Å². The smallest absolute Gasteiger partial charge is 0.252 e. The fraction of sp³-hybridized carbons (Fsp3) is 0.615. The number of aromatic nitrogens is 5. The van der Waals surface area contributed by atoms with Crippen LogP contribution in [0.4, 0.5) is 0 Å². The van der Waals surface area contributed by atoms with Crippen LogP contribution in [0, 0.1) is 6.92 Å². The van der Waals surface area contributed by atoms with Crippen molar-refractivity contribution in [1.29, 1.82) is 0 Å². The largest absolute Gasteiger partial charge is 0.379 e. The van der Waals surface area contributed by atoms with Gasteiger partial charge in [-0.3, -0.25) is 14.6 Å². The maximum absolute atomic E-state index is 13.1. The van der Waals surface area contributed by atoms with E-state index in [-0.39, 0.29) is 17.7 Å². The van der Waals surface area contributed by atoms with Gasteiger partial charge in [0.25, 0.3) is 5.56 Å². The van der Waals surface area contributed by atoms with E-state index in [1.165, 1.54) is 5.56 Å². The first-order valence-electron chi connectivity index (χ1n) is 13.1. The van der Waals surface area contributed by atoms with Crippen molar-refractivity contribution in [3.8, 4) is 0 Å². The molecule has 0 amide bonds. The van der Waals surface area contributed by atoms with E-state index in [4.69, 9.17) is 9.47 Å². The summed E-state index contributed by atoms with van der Waals surface area (Å²) in [4.78, 5) is 20.9. The van der Waals surface area contributed by atoms with E-state index >= 15 is 0 Å². The lowest BCUT2D eigenvalue weighted by Gasteiger charge is -2.34. The number of hydrogen-bond acceptors (Lipinski definition) is 8. The lowest BCUT2D eigenvalue weighted by Crippen LogP contribution is -2.43. The number of H-pyrrole nitrogens is 1. The molecule has 0 bridgehead atoms. The average molecular weight is 496 g/mol. The van der Waals surface area contributed by atoms with Crippen LogP contribution in [0.5, 0.6) is 0 Å². The van der Waals surface area contributed by atoms with Crippen LogP contribution in [0.2, 0.25) is 0 Å². The summed E-state index contributed by atoms with van der Waals surface area (Å²) < 4.78 is 13.3. The third-order valence-electron chi connectivity index (χ3n) is 7.34. The van der Waals surface area contributed by atoms with Gasteiger partial charge in [-0.2, -0.15) is 0 Å². The summed E-state index contributed by atoms with van der Waals surface area (Å²) >= 11 is 0. The quantitative estimate of drug-likeness (QED) is 0.457. The number of rotatable bonds is 10. The zero-order chi connectivity index (χ0) is 24.9. The average Bonchev–Trinajstić information content (AvgIpc) is 3.57. The number of hydrogen-bond donors (Lipinski definition) is 1. The van der Waals surface area contributed by atoms with Crippen molar-refractivity contribution in [2.75, 3.05) is 46.0 Å². The maximum Gasteiger partial charge on any atom is 0.252 e. The molecule has 2 atom stereocenters. The van der Waals surface area contributed by atoms with E-state index in [0.29, 0.717) is 13.1 Å². The molecule has 194 valence electrons. The van der Waals surface area contributed by atoms with Gasteiger partial charge in [0.05, 0.1) is 31.9 Å². The van der Waals surface area contributed by atoms with E-state index in [1.54, 1.807) is 0 Å². The van der Waals surface area contributed by atoms with E-state index in [2.05, 4.69) is 50.2 Å². The van der Waals surface area contributed by atoms with Gasteiger partial charge < -0.3 is 14.5 Å². The molecule has 1 N–H and O–H groups in total. The van der Waals surface area contributed by atoms with Gasteiger partial charge >= 0.3 is 0 Å². The molecule has 10 heteroatoms. The summed E-state index contributed by atoms with van der Waals surface area (Å²) in [5.74, 6) is 0.836. The molecule has 2 fully saturated rings. The van der Waals surface area contributed by atoms with Crippen molar-refractivity contribution in [2.45, 2.75) is 58.3 Å². The molecule has 1 aromatic carbocycles. The maximum atomic E-state index is 13.1. The van der Waals surface area contributed by atoms with Crippen LogP contribution < -0.4 is 5.56 Å². The van der Waals surface area contributed by atoms with Crippen molar-refractivity contribution in [2.24, 2.45) is 0 Å². The first-order chi connectivity index (χ1) is 17.6. The normalized spacial score (nSPS) is 19.9. The Morgan fingerprint density at radius 2 is 2.08 bits per heavy atom. The Bertz CT molecular complexity index is 1200. The third-order valence-corrected chi connectivity index (χ3v) is 7.34. The lowest BCUT2D eigenvalue weighted by molar-refractivity contribution is 0.0289. The van der Waals surface area contributed by atoms with Crippen molar-refractivity contribution in [3.63, 3.8) is 0 Å². The zero-order valence-corrected chi connectivity index (χ0v) is 21.4. The van der Waals surface area contributed by atoms with Gasteiger partial charge in [-0.1, -0.05) is 18.6 Å². The van der Waals surface area contributed by atoms with Gasteiger partial charge in [-0.05, 0) is 60.2 Å². The number of nitrogens with one attached hydrogen (secondary N) is 1. The zero-order valence-electron chi connectivity index (χ0n) is 21.4. The van der Waals surface area contributed by atoms with Crippen LogP contribution in [-0.2, 0) is 22.6 Å². The highest BCUT2D eigenvalue weighted by molar-refractivity contribution is 5.79. The molecule has 0 unspecified atom stereocenters. The van der Waals surface area contributed by atoms with E-state index in [0.717, 1.165) is 87.6 Å². The van der Waals surface area contributed by atoms with E-state index < -0.39 is 0 Å². The molecule has 0 saturated carbocycles. The standard InChI is InChI=1S/C26H37N7O3/c1-3-24(25-28-29-30-33(25)18-22-5-4-12-36-22)32(9-8-31-10-13-35-14-11-31)17-21-16-20-15-19(2)6-7-23(20)27-26(21)34/h6-7,15-16,22,24H,3-5,8-14,17-18H2,1-2H3,(H,27,34)/t22-,24+/m1/s1. The van der Waals surface area contributed by atoms with Crippen molar-refractivity contribution >= 4 is 10.9 Å². The topological polar surface area (TPSA) is 101 Å². The summed E-state index contributed by atoms with van der Waals surface area (Å²) in [6.45, 7) is 11.3. The second-order valence-electron chi connectivity index (χ2n) is 9.92. The summed E-state index contributed by atoms with van der Waals surface area (Å²) in [5, 5.41) is 13.8. The predicted molar refractivity (Wildman–Crippen MR) is 137 cm³/mol. The molecular formula is C26H37N7O3. The number of nitrogens with zero attached hydrogens (tertiary/aromatic N) is 6. The van der Waals surface area contributed by atoms with Crippen LogP contribution >= 0.6 is 0 Å². The van der Waals surface area contributed by atoms with Gasteiger partial charge in [0, 0.05) is 50.4 Å². The Morgan fingerprint density at radius 3 is 2.86 bits per heavy atom. The number of aryl methyl sites for hydroxylation is 1. The predicted octanol–water partition coefficient (Wildman–Crippen LogP) is 2.29. The van der Waals surface area contributed by atoms with Crippen molar-refractivity contribution in [1.82, 2.24) is 35.0 Å². The minimum Gasteiger partial charge on any atom is -0.379 e. The third kappa shape index (κ3) is 5.83. The van der Waals surface area contributed by atoms with Crippen LogP contribution in [0.25, 0.3) is 10.9 Å². The van der Waals surface area contributed by atoms with Crippen LogP contribution in [-0.4, -0.2) is 87.1 Å². The monoisotopic (exact) mass is 495 g/mol. The molecular weight excluding hydrogens is 458 g/mol. The van der Waals surface area contributed by atoms with Gasteiger partial charge in [-0.15, -0.1) is 5.10 Å². The van der Waals surface area contributed by atoms with Gasteiger partial charge in [0.1, 0.15) is 0 Å². The second kappa shape index (κ2) is 11.6. The van der Waals surface area contributed by atoms with Crippen LogP contribution in [0.15, 0.2) is 29.1 Å². The molecule has 2 aliphatic rings. The molecule has 0 radical (unpaired) electrons. The number of fused-ring (bicyclic) bond motifs is 1. The highest BCUT2D eigenvalue weighted by atomic mass is 16.5. The number of aromatic amines is 1. The highest BCUT2D eigenvalue weighted by Gasteiger charge is 2.28. The number of morpholine rings is 1. The molecule has 36 heavy (non-hydrogen) atoms. The Morgan fingerprint density at radius 1 is 1.22 bits per heavy atom. The Kier molecular flexibility index (Phi) is 8.05. The Hall–Kier alpha value is -2.66. The minimum absolute atomic E-state index is 0.0185. The van der Waals surface area contributed by atoms with Crippen molar-refractivity contribution < 1.29 is 9.47 Å². The summed E-state index contributed by atoms with van der Waals surface area (Å²) in [6, 6.07) is 8.13. The fourth-order valence-electron chi connectivity index (χ4n) is 5.31. The molecule has 5 rings (SSSR count). The fourth-order valence-corrected chi connectivity index (χ4v) is 5.31. The molecule has 10 nitrogen and oxygen atoms in total. The summed E-state index contributed by atoms with van der Waals surface area (Å²) in [6.07, 6.45) is 3.09. The van der Waals surface area contributed by atoms with Crippen LogP contribution in [0.1, 0.15) is 49.2 Å². The highest BCUT2D eigenvalue weighted by Crippen LogP contribution is 2.25. The number of benzene rings is 1. The molecule has 0 spiro atoms. The molecule has 2 aromatic heterocycles. The first kappa shape index (κ1) is 25.0. The summed E-state index contributed by atoms with van der Waals surface area (Å²) in [5.41, 5.74) is 2.74. The number of tetrazole rings is 1. The van der Waals surface area contributed by atoms with E-state index in [1.807, 2.05) is 22.9 Å².